The topological polar surface area (TPSA) is 211 Å². The van der Waals surface area contributed by atoms with E-state index in [1.54, 1.807) is 9.80 Å². The maximum Gasteiger partial charge on any atom is 0.407 e. The monoisotopic (exact) mass is 856 g/mol. The van der Waals surface area contributed by atoms with Crippen LogP contribution in [-0.4, -0.2) is 123 Å². The van der Waals surface area contributed by atoms with E-state index in [0.717, 1.165) is 45.7 Å². The Morgan fingerprint density at radius 1 is 0.820 bits per heavy atom. The number of nitrogens with zero attached hydrogens (tertiary/aromatic N) is 5. The number of carbonyl (C=O) groups excluding carboxylic acids is 3. The van der Waals surface area contributed by atoms with E-state index in [2.05, 4.69) is 15.3 Å². The second-order valence-electron chi connectivity index (χ2n) is 17.5. The minimum Gasteiger partial charge on any atom is -0.465 e. The van der Waals surface area contributed by atoms with Crippen molar-refractivity contribution in [2.45, 2.75) is 84.0 Å². The summed E-state index contributed by atoms with van der Waals surface area (Å²) in [5, 5.41) is 12.3. The number of imidazole rings is 2. The van der Waals surface area contributed by atoms with Gasteiger partial charge in [-0.2, -0.15) is 0 Å². The molecule has 0 saturated carbocycles. The normalized spacial score (nSPS) is 20.5. The molecular formula is C44H56N8O8S. The molecule has 1 unspecified atom stereocenters. The molecule has 4 atom stereocenters. The van der Waals surface area contributed by atoms with Crippen LogP contribution in [0.4, 0.5) is 9.59 Å². The number of methoxy groups -OCH3 is 1. The van der Waals surface area contributed by atoms with Crippen molar-refractivity contribution < 1.29 is 37.4 Å². The van der Waals surface area contributed by atoms with Gasteiger partial charge in [-0.05, 0) is 60.5 Å². The third-order valence-electron chi connectivity index (χ3n) is 12.7. The molecule has 1 spiro atoms. The molecule has 0 aliphatic carbocycles. The summed E-state index contributed by atoms with van der Waals surface area (Å²) in [4.78, 5) is 72.8. The Bertz CT molecular complexity index is 2340. The molecule has 7 rings (SSSR count). The SMILES string of the molecule is COC(=O)N[C@H](C(=O)N1CC2(CCS(=O)(=O)CC2)CC1c1nc(-c2ccc(-c3ccc(-c4c[nH]c([C@@H]5CCCN5C(=O)[C@H](C(C)C)N(C)C(=O)O)n4)cc3)cc2)c[nH]1)C(C)C. The zero-order valence-electron chi connectivity index (χ0n) is 35.6. The van der Waals surface area contributed by atoms with Gasteiger partial charge in [0, 0.05) is 43.7 Å². The Labute approximate surface area is 356 Å². The summed E-state index contributed by atoms with van der Waals surface area (Å²) < 4.78 is 29.6. The number of hydrogen-bond acceptors (Lipinski definition) is 9. The smallest absolute Gasteiger partial charge is 0.407 e. The van der Waals surface area contributed by atoms with Gasteiger partial charge in [0.15, 0.2) is 0 Å². The number of alkyl carbamates (subject to hydrolysis) is 1. The molecule has 16 nitrogen and oxygen atoms in total. The first kappa shape index (κ1) is 43.4. The van der Waals surface area contributed by atoms with E-state index >= 15 is 0 Å². The second-order valence-corrected chi connectivity index (χ2v) is 19.8. The molecule has 326 valence electrons. The predicted octanol–water partition coefficient (Wildman–Crippen LogP) is 6.28. The summed E-state index contributed by atoms with van der Waals surface area (Å²) in [7, 11) is -0.436. The number of carboxylic acid groups (broad SMARTS) is 1. The number of likely N-dealkylation sites (N-methyl/N-ethyl adjacent to an activating group) is 1. The van der Waals surface area contributed by atoms with Crippen LogP contribution in [0.1, 0.15) is 83.5 Å². The summed E-state index contributed by atoms with van der Waals surface area (Å²) in [5.41, 5.74) is 4.86. The van der Waals surface area contributed by atoms with Crippen molar-refractivity contribution in [3.05, 3.63) is 72.6 Å². The van der Waals surface area contributed by atoms with E-state index in [1.807, 2.05) is 88.6 Å². The van der Waals surface area contributed by atoms with Crippen LogP contribution in [0.25, 0.3) is 33.6 Å². The number of aromatic nitrogens is 4. The average molecular weight is 857 g/mol. The van der Waals surface area contributed by atoms with Crippen molar-refractivity contribution in [3.63, 3.8) is 0 Å². The van der Waals surface area contributed by atoms with Crippen molar-refractivity contribution in [1.82, 2.24) is 40.0 Å². The van der Waals surface area contributed by atoms with E-state index in [1.165, 1.54) is 14.2 Å². The lowest BCUT2D eigenvalue weighted by atomic mass is 9.80. The van der Waals surface area contributed by atoms with Crippen molar-refractivity contribution in [3.8, 4) is 33.6 Å². The number of hydrogen-bond donors (Lipinski definition) is 4. The first-order valence-electron chi connectivity index (χ1n) is 20.9. The molecule has 61 heavy (non-hydrogen) atoms. The van der Waals surface area contributed by atoms with E-state index in [-0.39, 0.29) is 46.6 Å². The molecular weight excluding hydrogens is 801 g/mol. The zero-order valence-corrected chi connectivity index (χ0v) is 36.4. The van der Waals surface area contributed by atoms with Crippen LogP contribution in [0.5, 0.6) is 0 Å². The first-order valence-corrected chi connectivity index (χ1v) is 22.8. The maximum atomic E-state index is 14.2. The van der Waals surface area contributed by atoms with Gasteiger partial charge in [0.25, 0.3) is 0 Å². The third kappa shape index (κ3) is 9.02. The first-order chi connectivity index (χ1) is 29.0. The highest BCUT2D eigenvalue weighted by atomic mass is 32.2. The van der Waals surface area contributed by atoms with Gasteiger partial charge in [-0.3, -0.25) is 14.5 Å². The molecule has 3 saturated heterocycles. The molecule has 2 aromatic heterocycles. The Hall–Kier alpha value is -5.71. The number of sulfone groups is 1. The highest BCUT2D eigenvalue weighted by Gasteiger charge is 2.51. The van der Waals surface area contributed by atoms with Crippen molar-refractivity contribution in [1.29, 1.82) is 0 Å². The molecule has 3 aliphatic heterocycles. The molecule has 4 aromatic rings. The lowest BCUT2D eigenvalue weighted by Gasteiger charge is -2.34. The van der Waals surface area contributed by atoms with Crippen molar-refractivity contribution >= 4 is 33.8 Å². The van der Waals surface area contributed by atoms with E-state index in [9.17, 15) is 32.7 Å². The highest BCUT2D eigenvalue weighted by Crippen LogP contribution is 2.49. The molecule has 5 heterocycles. The fourth-order valence-electron chi connectivity index (χ4n) is 9.22. The standard InChI is InChI=1S/C44H56N8O8S/c1-26(2)36(49-42(55)60-6)40(53)52-25-44(17-20-61(58,59)21-18-44)22-35(52)39-46-24-33(48-39)31-15-11-29(12-16-31)28-9-13-30(14-10-28)32-23-45-38(47-32)34-8-7-19-51(34)41(54)37(27(3)4)50(5)43(56)57/h9-16,23-24,26-27,34-37H,7-8,17-22,25H2,1-6H3,(H,45,47)(H,46,48)(H,49,55)(H,56,57)/t34-,35?,36-,37-/m0/s1. The molecule has 17 heteroatoms. The van der Waals surface area contributed by atoms with E-state index in [0.29, 0.717) is 49.7 Å². The van der Waals surface area contributed by atoms with Gasteiger partial charge in [-0.15, -0.1) is 0 Å². The van der Waals surface area contributed by atoms with Crippen LogP contribution in [0.3, 0.4) is 0 Å². The van der Waals surface area contributed by atoms with Gasteiger partial charge in [0.05, 0.1) is 42.1 Å². The number of rotatable bonds is 11. The Morgan fingerprint density at radius 2 is 1.34 bits per heavy atom. The number of amides is 4. The Kier molecular flexibility index (Phi) is 12.3. The number of likely N-dealkylation sites (tertiary alicyclic amines) is 2. The molecule has 4 N–H and O–H groups in total. The van der Waals surface area contributed by atoms with Crippen molar-refractivity contribution in [2.75, 3.05) is 38.8 Å². The number of benzene rings is 2. The summed E-state index contributed by atoms with van der Waals surface area (Å²) in [5.74, 6) is 0.561. The van der Waals surface area contributed by atoms with Crippen LogP contribution >= 0.6 is 0 Å². The van der Waals surface area contributed by atoms with E-state index in [4.69, 9.17) is 14.7 Å². The van der Waals surface area contributed by atoms with Crippen LogP contribution in [0.2, 0.25) is 0 Å². The van der Waals surface area contributed by atoms with Gasteiger partial charge in [-0.25, -0.2) is 28.0 Å². The molecule has 0 bridgehead atoms. The van der Waals surface area contributed by atoms with E-state index < -0.39 is 40.1 Å². The summed E-state index contributed by atoms with van der Waals surface area (Å²) in [6.07, 6.45) is 4.84. The quantitative estimate of drug-likeness (QED) is 0.133. The molecule has 4 amide bonds. The average Bonchev–Trinajstić information content (AvgIpc) is 4.07. The van der Waals surface area contributed by atoms with Crippen LogP contribution in [0.15, 0.2) is 60.9 Å². The van der Waals surface area contributed by atoms with Gasteiger partial charge in [0.1, 0.15) is 33.6 Å². The Morgan fingerprint density at radius 3 is 1.84 bits per heavy atom. The van der Waals surface area contributed by atoms with Crippen LogP contribution in [0, 0.1) is 17.3 Å². The third-order valence-corrected chi connectivity index (χ3v) is 14.4. The zero-order chi connectivity index (χ0) is 43.8. The van der Waals surface area contributed by atoms with Gasteiger partial charge >= 0.3 is 12.2 Å². The minimum absolute atomic E-state index is 0.0801. The van der Waals surface area contributed by atoms with Gasteiger partial charge in [-0.1, -0.05) is 76.2 Å². The lowest BCUT2D eigenvalue weighted by molar-refractivity contribution is -0.138. The fourth-order valence-corrected chi connectivity index (χ4v) is 10.9. The Balaban J connectivity index is 1.05. The molecule has 3 aliphatic rings. The summed E-state index contributed by atoms with van der Waals surface area (Å²) in [6.45, 7) is 8.33. The lowest BCUT2D eigenvalue weighted by Crippen LogP contribution is -2.51. The van der Waals surface area contributed by atoms with Gasteiger partial charge in [0.2, 0.25) is 11.8 Å². The molecule has 3 fully saturated rings. The highest BCUT2D eigenvalue weighted by molar-refractivity contribution is 7.91. The number of carbonyl (C=O) groups is 4. The largest absolute Gasteiger partial charge is 0.465 e. The van der Waals surface area contributed by atoms with Crippen LogP contribution in [-0.2, 0) is 24.2 Å². The number of ether oxygens (including phenoxy) is 1. The number of aromatic amines is 2. The fraction of sp³-hybridized carbons (Fsp3) is 0.500. The summed E-state index contributed by atoms with van der Waals surface area (Å²) >= 11 is 0. The van der Waals surface area contributed by atoms with Crippen LogP contribution < -0.4 is 5.32 Å². The predicted molar refractivity (Wildman–Crippen MR) is 229 cm³/mol. The molecule has 0 radical (unpaired) electrons. The summed E-state index contributed by atoms with van der Waals surface area (Å²) in [6, 6.07) is 13.8. The molecule has 2 aromatic carbocycles. The van der Waals surface area contributed by atoms with Gasteiger partial charge < -0.3 is 34.9 Å². The minimum atomic E-state index is -3.13. The number of H-pyrrole nitrogens is 2. The maximum absolute atomic E-state index is 14.2. The second kappa shape index (κ2) is 17.3. The number of nitrogens with one attached hydrogen (secondary N) is 3. The van der Waals surface area contributed by atoms with Crippen molar-refractivity contribution in [2.24, 2.45) is 17.3 Å².